The average molecular weight is 368 g/mol. The highest BCUT2D eigenvalue weighted by molar-refractivity contribution is 5.89. The lowest BCUT2D eigenvalue weighted by atomic mass is 9.77. The number of aliphatic hydroxyl groups is 1. The Labute approximate surface area is 164 Å². The standard InChI is InChI=1S/C24H33NO2/c1-2-3-4-13-22(26)15-17-24(16-9-14-23(24)27)19-21-12-6-5-10-20(21)11-7-8-18-25/h5-6,10,12,15,17,22,26H,2-4,7-9,11,13-14,16,19H2,1H3/b17-15+/t22-,24+/m0/s1. The van der Waals surface area contributed by atoms with E-state index in [1.165, 1.54) is 11.1 Å². The number of allylic oxidation sites excluding steroid dienone is 1. The summed E-state index contributed by atoms with van der Waals surface area (Å²) in [7, 11) is 0. The molecule has 1 fully saturated rings. The van der Waals surface area contributed by atoms with Crippen molar-refractivity contribution >= 4 is 5.78 Å². The summed E-state index contributed by atoms with van der Waals surface area (Å²) in [4.78, 5) is 12.8. The van der Waals surface area contributed by atoms with Gasteiger partial charge in [0, 0.05) is 12.8 Å². The number of aryl methyl sites for hydroxylation is 1. The third-order valence-corrected chi connectivity index (χ3v) is 5.68. The van der Waals surface area contributed by atoms with Gasteiger partial charge >= 0.3 is 0 Å². The Kier molecular flexibility index (Phi) is 8.75. The normalized spacial score (nSPS) is 20.9. The number of benzene rings is 1. The first-order valence-corrected chi connectivity index (χ1v) is 10.5. The highest BCUT2D eigenvalue weighted by Crippen LogP contribution is 2.40. The van der Waals surface area contributed by atoms with Gasteiger partial charge in [-0.3, -0.25) is 4.79 Å². The van der Waals surface area contributed by atoms with Crippen molar-refractivity contribution in [3.05, 3.63) is 47.5 Å². The highest BCUT2D eigenvalue weighted by atomic mass is 16.3. The zero-order chi connectivity index (χ0) is 19.5. The fraction of sp³-hybridized carbons (Fsp3) is 0.583. The molecule has 3 heteroatoms. The van der Waals surface area contributed by atoms with Crippen molar-refractivity contribution in [3.63, 3.8) is 0 Å². The Bertz CT molecular complexity index is 673. The quantitative estimate of drug-likeness (QED) is 0.426. The summed E-state index contributed by atoms with van der Waals surface area (Å²) in [5.74, 6) is 0.298. The van der Waals surface area contributed by atoms with Gasteiger partial charge in [0.2, 0.25) is 0 Å². The first-order valence-electron chi connectivity index (χ1n) is 10.5. The maximum Gasteiger partial charge on any atom is 0.143 e. The van der Waals surface area contributed by atoms with Crippen LogP contribution in [0.5, 0.6) is 0 Å². The van der Waals surface area contributed by atoms with E-state index in [1.54, 1.807) is 0 Å². The van der Waals surface area contributed by atoms with E-state index in [0.717, 1.165) is 51.4 Å². The minimum atomic E-state index is -0.475. The molecule has 1 aromatic carbocycles. The number of hydrogen-bond donors (Lipinski definition) is 1. The van der Waals surface area contributed by atoms with Crippen LogP contribution in [0.3, 0.4) is 0 Å². The number of unbranched alkanes of at least 4 members (excludes halogenated alkanes) is 3. The van der Waals surface area contributed by atoms with E-state index in [0.29, 0.717) is 25.0 Å². The van der Waals surface area contributed by atoms with Crippen LogP contribution in [-0.2, 0) is 17.6 Å². The molecule has 0 radical (unpaired) electrons. The van der Waals surface area contributed by atoms with Crippen molar-refractivity contribution in [2.75, 3.05) is 0 Å². The molecule has 1 N–H and O–H groups in total. The lowest BCUT2D eigenvalue weighted by Gasteiger charge is -2.25. The van der Waals surface area contributed by atoms with Crippen molar-refractivity contribution in [1.82, 2.24) is 0 Å². The second-order valence-corrected chi connectivity index (χ2v) is 7.81. The molecule has 0 bridgehead atoms. The maximum absolute atomic E-state index is 12.8. The molecule has 1 aliphatic carbocycles. The van der Waals surface area contributed by atoms with Crippen molar-refractivity contribution in [1.29, 1.82) is 5.26 Å². The van der Waals surface area contributed by atoms with Gasteiger partial charge in [-0.25, -0.2) is 0 Å². The predicted octanol–water partition coefficient (Wildman–Crippen LogP) is 5.31. The van der Waals surface area contributed by atoms with Gasteiger partial charge in [-0.05, 0) is 49.7 Å². The van der Waals surface area contributed by atoms with Gasteiger partial charge in [0.1, 0.15) is 5.78 Å². The molecule has 2 rings (SSSR count). The number of rotatable bonds is 11. The topological polar surface area (TPSA) is 61.1 Å². The van der Waals surface area contributed by atoms with Gasteiger partial charge in [-0.1, -0.05) is 62.6 Å². The number of Topliss-reactive ketones (excluding diaryl/α,β-unsaturated/α-hetero) is 1. The molecule has 27 heavy (non-hydrogen) atoms. The Morgan fingerprint density at radius 1 is 1.26 bits per heavy atom. The third kappa shape index (κ3) is 6.33. The Balaban J connectivity index is 2.13. The minimum Gasteiger partial charge on any atom is -0.389 e. The second-order valence-electron chi connectivity index (χ2n) is 7.81. The molecule has 0 unspecified atom stereocenters. The summed E-state index contributed by atoms with van der Waals surface area (Å²) in [5.41, 5.74) is 1.97. The highest BCUT2D eigenvalue weighted by Gasteiger charge is 2.40. The molecule has 0 saturated heterocycles. The van der Waals surface area contributed by atoms with Gasteiger partial charge in [0.05, 0.1) is 17.6 Å². The van der Waals surface area contributed by atoms with Crippen LogP contribution in [-0.4, -0.2) is 17.0 Å². The van der Waals surface area contributed by atoms with E-state index in [2.05, 4.69) is 25.1 Å². The number of carbonyl (C=O) groups excluding carboxylic acids is 1. The van der Waals surface area contributed by atoms with Crippen LogP contribution in [0, 0.1) is 16.7 Å². The SMILES string of the molecule is CCCCC[C@H](O)/C=C/[C@@]1(Cc2ccccc2CCCC#N)CCCC1=O. The predicted molar refractivity (Wildman–Crippen MR) is 109 cm³/mol. The summed E-state index contributed by atoms with van der Waals surface area (Å²) in [6.45, 7) is 2.16. The van der Waals surface area contributed by atoms with Gasteiger partial charge in [0.15, 0.2) is 0 Å². The van der Waals surface area contributed by atoms with Crippen LogP contribution in [0.2, 0.25) is 0 Å². The van der Waals surface area contributed by atoms with Gasteiger partial charge < -0.3 is 5.11 Å². The molecule has 1 aromatic rings. The maximum atomic E-state index is 12.8. The number of ketones is 1. The number of aliphatic hydroxyl groups excluding tert-OH is 1. The van der Waals surface area contributed by atoms with E-state index in [-0.39, 0.29) is 0 Å². The summed E-state index contributed by atoms with van der Waals surface area (Å²) >= 11 is 0. The number of nitriles is 1. The summed E-state index contributed by atoms with van der Waals surface area (Å²) < 4.78 is 0. The lowest BCUT2D eigenvalue weighted by molar-refractivity contribution is -0.123. The number of carbonyl (C=O) groups is 1. The van der Waals surface area contributed by atoms with E-state index in [1.807, 2.05) is 24.3 Å². The molecule has 1 saturated carbocycles. The Morgan fingerprint density at radius 2 is 2.04 bits per heavy atom. The molecule has 1 aliphatic rings. The average Bonchev–Trinajstić information content (AvgIpc) is 3.02. The second kappa shape index (κ2) is 11.0. The smallest absolute Gasteiger partial charge is 0.143 e. The first-order chi connectivity index (χ1) is 13.1. The molecule has 0 aliphatic heterocycles. The van der Waals surface area contributed by atoms with E-state index in [9.17, 15) is 9.90 Å². The van der Waals surface area contributed by atoms with Gasteiger partial charge in [-0.2, -0.15) is 5.26 Å². The van der Waals surface area contributed by atoms with Crippen molar-refractivity contribution in [2.45, 2.75) is 83.7 Å². The number of hydrogen-bond acceptors (Lipinski definition) is 3. The van der Waals surface area contributed by atoms with E-state index >= 15 is 0 Å². The molecule has 0 aromatic heterocycles. The van der Waals surface area contributed by atoms with E-state index < -0.39 is 11.5 Å². The number of nitrogens with zero attached hydrogens (tertiary/aromatic N) is 1. The molecule has 0 amide bonds. The van der Waals surface area contributed by atoms with Crippen molar-refractivity contribution in [2.24, 2.45) is 5.41 Å². The van der Waals surface area contributed by atoms with Gasteiger partial charge in [-0.15, -0.1) is 0 Å². The van der Waals surface area contributed by atoms with Crippen LogP contribution in [0.4, 0.5) is 0 Å². The summed E-state index contributed by atoms with van der Waals surface area (Å²) in [6, 6.07) is 10.5. The van der Waals surface area contributed by atoms with Crippen LogP contribution in [0.15, 0.2) is 36.4 Å². The van der Waals surface area contributed by atoms with Crippen LogP contribution < -0.4 is 0 Å². The minimum absolute atomic E-state index is 0.298. The van der Waals surface area contributed by atoms with Crippen molar-refractivity contribution in [3.8, 4) is 6.07 Å². The summed E-state index contributed by atoms with van der Waals surface area (Å²) in [5, 5.41) is 19.1. The molecular formula is C24H33NO2. The molecular weight excluding hydrogens is 334 g/mol. The molecule has 3 nitrogen and oxygen atoms in total. The zero-order valence-electron chi connectivity index (χ0n) is 16.6. The van der Waals surface area contributed by atoms with Crippen LogP contribution in [0.25, 0.3) is 0 Å². The molecule has 146 valence electrons. The Hall–Kier alpha value is -1.92. The lowest BCUT2D eigenvalue weighted by Crippen LogP contribution is -2.27. The van der Waals surface area contributed by atoms with Crippen molar-refractivity contribution < 1.29 is 9.90 Å². The van der Waals surface area contributed by atoms with Gasteiger partial charge in [0.25, 0.3) is 0 Å². The molecule has 2 atom stereocenters. The molecule has 0 spiro atoms. The van der Waals surface area contributed by atoms with E-state index in [4.69, 9.17) is 5.26 Å². The fourth-order valence-electron chi connectivity index (χ4n) is 4.04. The summed E-state index contributed by atoms with van der Waals surface area (Å²) in [6.07, 6.45) is 12.8. The molecule has 0 heterocycles. The monoisotopic (exact) mass is 367 g/mol. The fourth-order valence-corrected chi connectivity index (χ4v) is 4.04. The Morgan fingerprint density at radius 3 is 2.70 bits per heavy atom. The zero-order valence-corrected chi connectivity index (χ0v) is 16.6. The third-order valence-electron chi connectivity index (χ3n) is 5.68. The largest absolute Gasteiger partial charge is 0.389 e. The first kappa shape index (κ1) is 21.4. The van der Waals surface area contributed by atoms with Crippen LogP contribution in [0.1, 0.15) is 75.8 Å². The van der Waals surface area contributed by atoms with Crippen LogP contribution >= 0.6 is 0 Å².